The first-order valence-electron chi connectivity index (χ1n) is 7.10. The zero-order valence-electron chi connectivity index (χ0n) is 11.6. The van der Waals surface area contributed by atoms with Crippen molar-refractivity contribution in [1.29, 1.82) is 0 Å². The molecule has 6 heteroatoms. The number of hydrogen-bond donors (Lipinski definition) is 2. The second-order valence-corrected chi connectivity index (χ2v) is 5.44. The Morgan fingerprint density at radius 3 is 2.57 bits per heavy atom. The number of benzene rings is 1. The van der Waals surface area contributed by atoms with Crippen LogP contribution in [0.2, 0.25) is 0 Å². The van der Waals surface area contributed by atoms with Crippen molar-refractivity contribution in [2.45, 2.75) is 37.9 Å². The third kappa shape index (κ3) is 3.97. The Labute approximate surface area is 121 Å². The fourth-order valence-electron chi connectivity index (χ4n) is 2.82. The van der Waals surface area contributed by atoms with E-state index < -0.39 is 17.6 Å². The summed E-state index contributed by atoms with van der Waals surface area (Å²) in [5.74, 6) is -0.173. The molecule has 3 nitrogen and oxygen atoms in total. The summed E-state index contributed by atoms with van der Waals surface area (Å²) < 4.78 is 38.0. The summed E-state index contributed by atoms with van der Waals surface area (Å²) in [6, 6.07) is 4.28. The molecule has 0 bridgehead atoms. The number of hydrogen-bond acceptors (Lipinski definition) is 2. The van der Waals surface area contributed by atoms with Gasteiger partial charge in [0.05, 0.1) is 5.56 Å². The summed E-state index contributed by atoms with van der Waals surface area (Å²) >= 11 is 0. The van der Waals surface area contributed by atoms with E-state index in [9.17, 15) is 18.0 Å². The molecular weight excluding hydrogens is 281 g/mol. The number of halogens is 3. The van der Waals surface area contributed by atoms with Gasteiger partial charge in [0.15, 0.2) is 0 Å². The number of nitrogens with two attached hydrogens (primary N) is 1. The largest absolute Gasteiger partial charge is 0.416 e. The monoisotopic (exact) mass is 300 g/mol. The summed E-state index contributed by atoms with van der Waals surface area (Å²) in [7, 11) is 0. The van der Waals surface area contributed by atoms with Crippen LogP contribution in [-0.2, 0) is 6.18 Å². The quantitative estimate of drug-likeness (QED) is 0.898. The van der Waals surface area contributed by atoms with Crippen molar-refractivity contribution in [2.24, 2.45) is 11.7 Å². The van der Waals surface area contributed by atoms with Crippen LogP contribution >= 0.6 is 0 Å². The van der Waals surface area contributed by atoms with Crippen LogP contribution < -0.4 is 11.1 Å². The fourth-order valence-corrected chi connectivity index (χ4v) is 2.82. The molecule has 0 saturated heterocycles. The molecule has 21 heavy (non-hydrogen) atoms. The molecule has 2 rings (SSSR count). The molecule has 1 amide bonds. The van der Waals surface area contributed by atoms with Gasteiger partial charge in [-0.2, -0.15) is 13.2 Å². The third-order valence-electron chi connectivity index (χ3n) is 3.99. The molecule has 1 aliphatic rings. The van der Waals surface area contributed by atoms with Crippen LogP contribution in [0.5, 0.6) is 0 Å². The van der Waals surface area contributed by atoms with Gasteiger partial charge >= 0.3 is 6.18 Å². The maximum Gasteiger partial charge on any atom is 0.416 e. The molecule has 1 saturated carbocycles. The minimum absolute atomic E-state index is 0.0151. The topological polar surface area (TPSA) is 55.1 Å². The molecule has 1 unspecified atom stereocenters. The number of nitrogens with one attached hydrogen (secondary N) is 1. The molecular formula is C15H19F3N2O. The Bertz CT molecular complexity index is 496. The zero-order chi connectivity index (χ0) is 15.5. The van der Waals surface area contributed by atoms with E-state index in [-0.39, 0.29) is 11.6 Å². The Balaban J connectivity index is 2.08. The molecule has 1 atom stereocenters. The molecule has 0 spiro atoms. The zero-order valence-corrected chi connectivity index (χ0v) is 11.6. The SMILES string of the molecule is NCC(NC(=O)c1cccc(C(F)(F)F)c1)C1CCCC1. The highest BCUT2D eigenvalue weighted by molar-refractivity contribution is 5.94. The minimum atomic E-state index is -4.45. The summed E-state index contributed by atoms with van der Waals surface area (Å²) in [5, 5.41) is 2.77. The number of amides is 1. The molecule has 0 aliphatic heterocycles. The van der Waals surface area contributed by atoms with Gasteiger partial charge in [0.1, 0.15) is 0 Å². The van der Waals surface area contributed by atoms with E-state index in [1.165, 1.54) is 12.1 Å². The van der Waals surface area contributed by atoms with E-state index in [0.29, 0.717) is 12.5 Å². The van der Waals surface area contributed by atoms with Crippen molar-refractivity contribution in [2.75, 3.05) is 6.54 Å². The van der Waals surface area contributed by atoms with Gasteiger partial charge in [-0.15, -0.1) is 0 Å². The van der Waals surface area contributed by atoms with Gasteiger partial charge in [-0.25, -0.2) is 0 Å². The molecule has 1 aromatic carbocycles. The van der Waals surface area contributed by atoms with Crippen LogP contribution in [0.3, 0.4) is 0 Å². The van der Waals surface area contributed by atoms with Gasteiger partial charge in [0.2, 0.25) is 0 Å². The lowest BCUT2D eigenvalue weighted by atomic mass is 9.97. The van der Waals surface area contributed by atoms with Crippen molar-refractivity contribution < 1.29 is 18.0 Å². The van der Waals surface area contributed by atoms with Crippen LogP contribution in [0.25, 0.3) is 0 Å². The van der Waals surface area contributed by atoms with Crippen LogP contribution in [0.1, 0.15) is 41.6 Å². The van der Waals surface area contributed by atoms with E-state index in [0.717, 1.165) is 37.8 Å². The molecule has 116 valence electrons. The van der Waals surface area contributed by atoms with E-state index in [1.807, 2.05) is 0 Å². The molecule has 0 radical (unpaired) electrons. The predicted octanol–water partition coefficient (Wildman–Crippen LogP) is 2.95. The number of carbonyl (C=O) groups is 1. The van der Waals surface area contributed by atoms with Crippen molar-refractivity contribution in [3.63, 3.8) is 0 Å². The molecule has 1 fully saturated rings. The first-order valence-corrected chi connectivity index (χ1v) is 7.10. The van der Waals surface area contributed by atoms with Gasteiger partial charge < -0.3 is 11.1 Å². The van der Waals surface area contributed by atoms with E-state index in [2.05, 4.69) is 5.32 Å². The van der Waals surface area contributed by atoms with Crippen LogP contribution in [-0.4, -0.2) is 18.5 Å². The second kappa shape index (κ2) is 6.47. The summed E-state index contributed by atoms with van der Waals surface area (Å²) in [6.45, 7) is 0.301. The minimum Gasteiger partial charge on any atom is -0.348 e. The fraction of sp³-hybridized carbons (Fsp3) is 0.533. The lowest BCUT2D eigenvalue weighted by molar-refractivity contribution is -0.137. The Morgan fingerprint density at radius 1 is 1.33 bits per heavy atom. The van der Waals surface area contributed by atoms with Gasteiger partial charge in [0.25, 0.3) is 5.91 Å². The highest BCUT2D eigenvalue weighted by atomic mass is 19.4. The number of rotatable bonds is 4. The standard InChI is InChI=1S/C15H19F3N2O/c16-15(17,18)12-7-3-6-11(8-12)14(21)20-13(9-19)10-4-1-2-5-10/h3,6-8,10,13H,1-2,4-5,9,19H2,(H,20,21). The van der Waals surface area contributed by atoms with Crippen LogP contribution in [0.4, 0.5) is 13.2 Å². The average Bonchev–Trinajstić information content (AvgIpc) is 2.97. The summed E-state index contributed by atoms with van der Waals surface area (Å²) in [6.07, 6.45) is -0.217. The maximum absolute atomic E-state index is 12.7. The number of carbonyl (C=O) groups excluding carboxylic acids is 1. The first-order chi connectivity index (χ1) is 9.91. The van der Waals surface area contributed by atoms with E-state index in [1.54, 1.807) is 0 Å². The molecule has 1 aliphatic carbocycles. The van der Waals surface area contributed by atoms with Crippen molar-refractivity contribution in [3.8, 4) is 0 Å². The maximum atomic E-state index is 12.7. The third-order valence-corrected chi connectivity index (χ3v) is 3.99. The van der Waals surface area contributed by atoms with Crippen molar-refractivity contribution in [3.05, 3.63) is 35.4 Å². The lowest BCUT2D eigenvalue weighted by Gasteiger charge is -2.23. The van der Waals surface area contributed by atoms with E-state index in [4.69, 9.17) is 5.73 Å². The Hall–Kier alpha value is -1.56. The van der Waals surface area contributed by atoms with Gasteiger partial charge in [-0.1, -0.05) is 18.9 Å². The molecule has 0 heterocycles. The average molecular weight is 300 g/mol. The predicted molar refractivity (Wildman–Crippen MR) is 73.7 cm³/mol. The Morgan fingerprint density at radius 2 is 2.00 bits per heavy atom. The van der Waals surface area contributed by atoms with Gasteiger partial charge in [0, 0.05) is 18.2 Å². The molecule has 1 aromatic rings. The van der Waals surface area contributed by atoms with Gasteiger partial charge in [-0.3, -0.25) is 4.79 Å². The first kappa shape index (κ1) is 15.8. The second-order valence-electron chi connectivity index (χ2n) is 5.44. The van der Waals surface area contributed by atoms with Crippen LogP contribution in [0.15, 0.2) is 24.3 Å². The van der Waals surface area contributed by atoms with Crippen molar-refractivity contribution >= 4 is 5.91 Å². The number of alkyl halides is 3. The molecule has 0 aromatic heterocycles. The van der Waals surface area contributed by atoms with Crippen molar-refractivity contribution in [1.82, 2.24) is 5.32 Å². The highest BCUT2D eigenvalue weighted by Gasteiger charge is 2.31. The van der Waals surface area contributed by atoms with E-state index >= 15 is 0 Å². The summed E-state index contributed by atoms with van der Waals surface area (Å²) in [4.78, 5) is 12.1. The highest BCUT2D eigenvalue weighted by Crippen LogP contribution is 2.30. The summed E-state index contributed by atoms with van der Waals surface area (Å²) in [5.41, 5.74) is 4.88. The molecule has 3 N–H and O–H groups in total. The Kier molecular flexibility index (Phi) is 4.88. The lowest BCUT2D eigenvalue weighted by Crippen LogP contribution is -2.44. The smallest absolute Gasteiger partial charge is 0.348 e. The van der Waals surface area contributed by atoms with Gasteiger partial charge in [-0.05, 0) is 37.0 Å². The normalized spacial score (nSPS) is 17.7. The van der Waals surface area contributed by atoms with Crippen LogP contribution in [0, 0.1) is 5.92 Å².